The maximum Gasteiger partial charge on any atom is 0.0373 e. The Hall–Kier alpha value is -1.87. The van der Waals surface area contributed by atoms with E-state index in [0.29, 0.717) is 6.04 Å². The van der Waals surface area contributed by atoms with Crippen LogP contribution in [0.5, 0.6) is 0 Å². The van der Waals surface area contributed by atoms with Gasteiger partial charge in [-0.25, -0.2) is 0 Å². The zero-order valence-electron chi connectivity index (χ0n) is 15.0. The van der Waals surface area contributed by atoms with Gasteiger partial charge in [-0.1, -0.05) is 43.2 Å². The molecule has 2 unspecified atom stereocenters. The van der Waals surface area contributed by atoms with Crippen molar-refractivity contribution in [2.75, 3.05) is 18.4 Å². The van der Waals surface area contributed by atoms with Gasteiger partial charge in [0.15, 0.2) is 0 Å². The summed E-state index contributed by atoms with van der Waals surface area (Å²) >= 11 is 0. The molecular formula is C22H29N3. The molecule has 0 spiro atoms. The zero-order chi connectivity index (χ0) is 16.9. The molecule has 2 aliphatic rings. The van der Waals surface area contributed by atoms with Gasteiger partial charge in [0.05, 0.1) is 0 Å². The first-order valence-electron chi connectivity index (χ1n) is 9.86. The minimum atomic E-state index is 0.595. The van der Waals surface area contributed by atoms with Gasteiger partial charge in [-0.2, -0.15) is 0 Å². The molecule has 3 nitrogen and oxygen atoms in total. The van der Waals surface area contributed by atoms with Crippen LogP contribution in [0.4, 0.5) is 5.69 Å². The molecule has 0 amide bonds. The van der Waals surface area contributed by atoms with E-state index in [1.54, 1.807) is 5.56 Å². The molecule has 1 saturated heterocycles. The van der Waals surface area contributed by atoms with Crippen molar-refractivity contribution in [3.63, 3.8) is 0 Å². The number of nitrogens with one attached hydrogen (secondary N) is 1. The van der Waals surface area contributed by atoms with Gasteiger partial charge < -0.3 is 5.32 Å². The van der Waals surface area contributed by atoms with Crippen LogP contribution in [0.3, 0.4) is 0 Å². The molecule has 1 aliphatic heterocycles. The molecule has 2 fully saturated rings. The fourth-order valence-electron chi connectivity index (χ4n) is 4.70. The van der Waals surface area contributed by atoms with Crippen LogP contribution in [0, 0.1) is 0 Å². The van der Waals surface area contributed by atoms with E-state index >= 15 is 0 Å². The van der Waals surface area contributed by atoms with Crippen molar-refractivity contribution in [3.8, 4) is 0 Å². The van der Waals surface area contributed by atoms with E-state index in [-0.39, 0.29) is 0 Å². The number of pyridine rings is 1. The molecule has 0 bridgehead atoms. The lowest BCUT2D eigenvalue weighted by molar-refractivity contribution is 0.109. The molecule has 1 aromatic heterocycles. The van der Waals surface area contributed by atoms with Crippen molar-refractivity contribution in [1.82, 2.24) is 9.88 Å². The number of likely N-dealkylation sites (tertiary alicyclic amines) is 1. The van der Waals surface area contributed by atoms with Gasteiger partial charge in [-0.3, -0.25) is 9.88 Å². The summed E-state index contributed by atoms with van der Waals surface area (Å²) in [5, 5.41) is 3.68. The van der Waals surface area contributed by atoms with E-state index in [1.165, 1.54) is 57.3 Å². The Kier molecular flexibility index (Phi) is 5.31. The van der Waals surface area contributed by atoms with Crippen LogP contribution in [0.2, 0.25) is 0 Å². The first-order chi connectivity index (χ1) is 12.4. The molecular weight excluding hydrogens is 306 g/mol. The van der Waals surface area contributed by atoms with Crippen LogP contribution in [-0.2, 0) is 0 Å². The number of rotatable bonds is 4. The average molecular weight is 335 g/mol. The molecule has 3 heteroatoms. The Morgan fingerprint density at radius 3 is 2.32 bits per heavy atom. The van der Waals surface area contributed by atoms with E-state index in [9.17, 15) is 0 Å². The van der Waals surface area contributed by atoms with Gasteiger partial charge in [-0.15, -0.1) is 0 Å². The van der Waals surface area contributed by atoms with Gasteiger partial charge in [-0.05, 0) is 49.3 Å². The van der Waals surface area contributed by atoms with Crippen LogP contribution in [0.15, 0.2) is 54.9 Å². The predicted molar refractivity (Wildman–Crippen MR) is 104 cm³/mol. The lowest BCUT2D eigenvalue weighted by atomic mass is 9.78. The normalized spacial score (nSPS) is 25.6. The average Bonchev–Trinajstić information content (AvgIpc) is 2.70. The second-order valence-corrected chi connectivity index (χ2v) is 7.56. The van der Waals surface area contributed by atoms with E-state index < -0.39 is 0 Å². The number of hydrogen-bond acceptors (Lipinski definition) is 3. The first kappa shape index (κ1) is 16.6. The smallest absolute Gasteiger partial charge is 0.0373 e. The Balaban J connectivity index is 1.37. The largest absolute Gasteiger partial charge is 0.382 e. The van der Waals surface area contributed by atoms with Crippen molar-refractivity contribution in [2.45, 2.75) is 56.5 Å². The third kappa shape index (κ3) is 4.04. The number of nitrogens with zero attached hydrogens (tertiary/aromatic N) is 2. The summed E-state index contributed by atoms with van der Waals surface area (Å²) in [7, 11) is 0. The Labute approximate surface area is 151 Å². The highest BCUT2D eigenvalue weighted by Crippen LogP contribution is 2.37. The van der Waals surface area contributed by atoms with Gasteiger partial charge >= 0.3 is 0 Å². The highest BCUT2D eigenvalue weighted by molar-refractivity contribution is 5.41. The highest BCUT2D eigenvalue weighted by atomic mass is 15.2. The summed E-state index contributed by atoms with van der Waals surface area (Å²) in [4.78, 5) is 6.88. The van der Waals surface area contributed by atoms with Crippen LogP contribution in [-0.4, -0.2) is 35.1 Å². The number of piperidine rings is 1. The molecule has 2 atom stereocenters. The lowest BCUT2D eigenvalue weighted by Gasteiger charge is -2.43. The second-order valence-electron chi connectivity index (χ2n) is 7.56. The minimum Gasteiger partial charge on any atom is -0.382 e. The molecule has 0 radical (unpaired) electrons. The Morgan fingerprint density at radius 2 is 1.56 bits per heavy atom. The van der Waals surface area contributed by atoms with E-state index in [0.717, 1.165) is 12.0 Å². The van der Waals surface area contributed by atoms with Crippen molar-refractivity contribution < 1.29 is 0 Å². The van der Waals surface area contributed by atoms with Crippen LogP contribution < -0.4 is 5.32 Å². The monoisotopic (exact) mass is 335 g/mol. The van der Waals surface area contributed by atoms with Crippen LogP contribution in [0.1, 0.15) is 50.0 Å². The SMILES string of the molecule is c1ccc(C2CCCCC2N2CCC(Nc3ccncc3)CC2)cc1. The van der Waals surface area contributed by atoms with Crippen molar-refractivity contribution >= 4 is 5.69 Å². The summed E-state index contributed by atoms with van der Waals surface area (Å²) in [6.45, 7) is 2.44. The molecule has 1 N–H and O–H groups in total. The van der Waals surface area contributed by atoms with Crippen LogP contribution >= 0.6 is 0 Å². The van der Waals surface area contributed by atoms with Crippen molar-refractivity contribution in [1.29, 1.82) is 0 Å². The van der Waals surface area contributed by atoms with Gasteiger partial charge in [0, 0.05) is 43.3 Å². The molecule has 25 heavy (non-hydrogen) atoms. The zero-order valence-corrected chi connectivity index (χ0v) is 15.0. The third-order valence-electron chi connectivity index (χ3n) is 6.01. The minimum absolute atomic E-state index is 0.595. The number of anilines is 1. The van der Waals surface area contributed by atoms with Crippen LogP contribution in [0.25, 0.3) is 0 Å². The van der Waals surface area contributed by atoms with Crippen molar-refractivity contribution in [3.05, 3.63) is 60.4 Å². The topological polar surface area (TPSA) is 28.2 Å². The molecule has 2 heterocycles. The van der Waals surface area contributed by atoms with E-state index in [1.807, 2.05) is 12.4 Å². The van der Waals surface area contributed by atoms with Gasteiger partial charge in [0.25, 0.3) is 0 Å². The molecule has 132 valence electrons. The first-order valence-corrected chi connectivity index (χ1v) is 9.86. The molecule has 1 aromatic carbocycles. The summed E-state index contributed by atoms with van der Waals surface area (Å²) in [6, 6.07) is 16.7. The standard InChI is InChI=1S/C22H29N3/c1-2-6-18(7-3-1)21-8-4-5-9-22(21)25-16-12-20(13-17-25)24-19-10-14-23-15-11-19/h1-3,6-7,10-11,14-15,20-22H,4-5,8-9,12-13,16-17H2,(H,23,24). The van der Waals surface area contributed by atoms with Crippen molar-refractivity contribution in [2.24, 2.45) is 0 Å². The van der Waals surface area contributed by atoms with E-state index in [4.69, 9.17) is 0 Å². The summed E-state index contributed by atoms with van der Waals surface area (Å²) in [5.41, 5.74) is 2.75. The fraction of sp³-hybridized carbons (Fsp3) is 0.500. The van der Waals surface area contributed by atoms with Gasteiger partial charge in [0.2, 0.25) is 0 Å². The Morgan fingerprint density at radius 1 is 0.840 bits per heavy atom. The maximum atomic E-state index is 4.10. The molecule has 2 aromatic rings. The number of aromatic nitrogens is 1. The third-order valence-corrected chi connectivity index (χ3v) is 6.01. The lowest BCUT2D eigenvalue weighted by Crippen LogP contribution is -2.47. The summed E-state index contributed by atoms with van der Waals surface area (Å²) < 4.78 is 0. The quantitative estimate of drug-likeness (QED) is 0.879. The summed E-state index contributed by atoms with van der Waals surface area (Å²) in [5.74, 6) is 0.722. The number of hydrogen-bond donors (Lipinski definition) is 1. The summed E-state index contributed by atoms with van der Waals surface area (Å²) in [6.07, 6.45) is 11.7. The highest BCUT2D eigenvalue weighted by Gasteiger charge is 2.33. The second kappa shape index (κ2) is 8.01. The molecule has 1 aliphatic carbocycles. The Bertz CT molecular complexity index is 635. The number of benzene rings is 1. The predicted octanol–water partition coefficient (Wildman–Crippen LogP) is 4.68. The molecule has 1 saturated carbocycles. The van der Waals surface area contributed by atoms with E-state index in [2.05, 4.69) is 57.7 Å². The molecule has 4 rings (SSSR count). The maximum absolute atomic E-state index is 4.10. The fourth-order valence-corrected chi connectivity index (χ4v) is 4.70. The van der Waals surface area contributed by atoms with Gasteiger partial charge in [0.1, 0.15) is 0 Å².